The molecule has 0 unspecified atom stereocenters. The normalized spacial score (nSPS) is 11.0. The molecule has 0 aliphatic heterocycles. The van der Waals surface area contributed by atoms with Crippen molar-refractivity contribution in [2.45, 2.75) is 26.2 Å². The molecular formula is C19H18FNO. The van der Waals surface area contributed by atoms with Crippen LogP contribution in [0.3, 0.4) is 0 Å². The first kappa shape index (κ1) is 14.5. The summed E-state index contributed by atoms with van der Waals surface area (Å²) >= 11 is 0. The van der Waals surface area contributed by atoms with Gasteiger partial charge >= 0.3 is 0 Å². The van der Waals surface area contributed by atoms with Crippen LogP contribution in [0.2, 0.25) is 0 Å². The van der Waals surface area contributed by atoms with Gasteiger partial charge in [-0.25, -0.2) is 4.39 Å². The van der Waals surface area contributed by atoms with Gasteiger partial charge in [-0.15, -0.1) is 0 Å². The number of hydrogen-bond donors (Lipinski definition) is 1. The van der Waals surface area contributed by atoms with Gasteiger partial charge in [-0.05, 0) is 59.7 Å². The van der Waals surface area contributed by atoms with Crippen molar-refractivity contribution in [2.24, 2.45) is 0 Å². The van der Waals surface area contributed by atoms with E-state index in [0.29, 0.717) is 5.39 Å². The molecule has 0 saturated heterocycles. The van der Waals surface area contributed by atoms with Crippen LogP contribution >= 0.6 is 0 Å². The van der Waals surface area contributed by atoms with E-state index in [9.17, 15) is 9.18 Å². The van der Waals surface area contributed by atoms with Gasteiger partial charge in [0.2, 0.25) is 0 Å². The molecule has 1 heterocycles. The van der Waals surface area contributed by atoms with Crippen LogP contribution < -0.4 is 5.56 Å². The Kier molecular flexibility index (Phi) is 4.05. The lowest BCUT2D eigenvalue weighted by atomic mass is 9.96. The maximum atomic E-state index is 13.2. The Hall–Kier alpha value is -2.42. The summed E-state index contributed by atoms with van der Waals surface area (Å²) in [6.07, 6.45) is 3.01. The van der Waals surface area contributed by atoms with Crippen LogP contribution in [0.5, 0.6) is 0 Å². The lowest BCUT2D eigenvalue weighted by molar-refractivity contribution is 0.628. The molecule has 3 heteroatoms. The summed E-state index contributed by atoms with van der Waals surface area (Å²) in [6, 6.07) is 13.9. The highest BCUT2D eigenvalue weighted by Gasteiger charge is 2.12. The largest absolute Gasteiger partial charge is 0.321 e. The third-order valence-corrected chi connectivity index (χ3v) is 3.95. The van der Waals surface area contributed by atoms with Crippen LogP contribution in [0, 0.1) is 5.82 Å². The van der Waals surface area contributed by atoms with Gasteiger partial charge < -0.3 is 4.98 Å². The Morgan fingerprint density at radius 2 is 1.68 bits per heavy atom. The summed E-state index contributed by atoms with van der Waals surface area (Å²) in [6.45, 7) is 2.14. The van der Waals surface area contributed by atoms with Crippen LogP contribution in [0.1, 0.15) is 25.3 Å². The van der Waals surface area contributed by atoms with Crippen LogP contribution in [0.15, 0.2) is 53.3 Å². The topological polar surface area (TPSA) is 32.9 Å². The average Bonchev–Trinajstić information content (AvgIpc) is 2.55. The predicted octanol–water partition coefficient (Wildman–Crippen LogP) is 4.68. The van der Waals surface area contributed by atoms with Crippen molar-refractivity contribution in [3.63, 3.8) is 0 Å². The zero-order valence-corrected chi connectivity index (χ0v) is 12.5. The fourth-order valence-corrected chi connectivity index (χ4v) is 2.81. The van der Waals surface area contributed by atoms with E-state index in [1.807, 2.05) is 24.3 Å². The van der Waals surface area contributed by atoms with Crippen molar-refractivity contribution < 1.29 is 4.39 Å². The first-order chi connectivity index (χ1) is 10.7. The van der Waals surface area contributed by atoms with E-state index in [1.165, 1.54) is 12.1 Å². The highest BCUT2D eigenvalue weighted by molar-refractivity contribution is 5.89. The number of fused-ring (bicyclic) bond motifs is 1. The van der Waals surface area contributed by atoms with Crippen molar-refractivity contribution in [3.05, 3.63) is 70.3 Å². The van der Waals surface area contributed by atoms with Gasteiger partial charge in [0.1, 0.15) is 5.82 Å². The molecule has 0 aliphatic carbocycles. The van der Waals surface area contributed by atoms with E-state index >= 15 is 0 Å². The highest BCUT2D eigenvalue weighted by Crippen LogP contribution is 2.28. The molecule has 0 fully saturated rings. The maximum absolute atomic E-state index is 13.2. The van der Waals surface area contributed by atoms with E-state index in [-0.39, 0.29) is 11.4 Å². The molecule has 2 nitrogen and oxygen atoms in total. The molecule has 0 amide bonds. The molecule has 0 atom stereocenters. The minimum Gasteiger partial charge on any atom is -0.321 e. The number of aromatic nitrogens is 1. The smallest absolute Gasteiger partial charge is 0.256 e. The lowest BCUT2D eigenvalue weighted by Gasteiger charge is -2.13. The van der Waals surface area contributed by atoms with Crippen LogP contribution in [-0.2, 0) is 6.42 Å². The van der Waals surface area contributed by atoms with Crippen molar-refractivity contribution in [1.82, 2.24) is 4.98 Å². The van der Waals surface area contributed by atoms with Gasteiger partial charge in [-0.2, -0.15) is 0 Å². The zero-order chi connectivity index (χ0) is 15.5. The highest BCUT2D eigenvalue weighted by atomic mass is 19.1. The van der Waals surface area contributed by atoms with E-state index in [1.54, 1.807) is 12.1 Å². The fourth-order valence-electron chi connectivity index (χ4n) is 2.81. The summed E-state index contributed by atoms with van der Waals surface area (Å²) in [7, 11) is 0. The molecule has 3 rings (SSSR count). The number of aromatic amines is 1. The minimum absolute atomic E-state index is 0.102. The first-order valence-electron chi connectivity index (χ1n) is 7.60. The van der Waals surface area contributed by atoms with Crippen LogP contribution in [0.4, 0.5) is 4.39 Å². The Balaban J connectivity index is 2.28. The third kappa shape index (κ3) is 2.67. The van der Waals surface area contributed by atoms with Gasteiger partial charge in [0.15, 0.2) is 0 Å². The Morgan fingerprint density at radius 3 is 2.36 bits per heavy atom. The molecule has 3 aromatic rings. The number of hydrogen-bond acceptors (Lipinski definition) is 1. The van der Waals surface area contributed by atoms with E-state index < -0.39 is 0 Å². The number of rotatable bonds is 4. The van der Waals surface area contributed by atoms with Gasteiger partial charge in [0, 0.05) is 5.39 Å². The van der Waals surface area contributed by atoms with Crippen LogP contribution in [-0.4, -0.2) is 4.98 Å². The maximum Gasteiger partial charge on any atom is 0.256 e. The molecule has 1 N–H and O–H groups in total. The quantitative estimate of drug-likeness (QED) is 0.745. The number of halogens is 1. The number of unbranched alkanes of at least 4 members (excludes halogenated alkanes) is 1. The Labute approximate surface area is 128 Å². The molecule has 0 spiro atoms. The van der Waals surface area contributed by atoms with Crippen molar-refractivity contribution >= 4 is 10.8 Å². The minimum atomic E-state index is -0.276. The van der Waals surface area contributed by atoms with Gasteiger partial charge in [-0.1, -0.05) is 31.5 Å². The first-order valence-corrected chi connectivity index (χ1v) is 7.60. The Morgan fingerprint density at radius 1 is 1.00 bits per heavy atom. The standard InChI is InChI=1S/C19H18FNO/c1-2-3-6-16-15-7-4-5-8-17(15)19(22)21-18(16)13-9-11-14(20)12-10-13/h4-5,7-12H,2-3,6H2,1H3,(H,21,22). The summed E-state index contributed by atoms with van der Waals surface area (Å²) < 4.78 is 13.2. The van der Waals surface area contributed by atoms with Crippen molar-refractivity contribution in [1.29, 1.82) is 0 Å². The molecule has 112 valence electrons. The third-order valence-electron chi connectivity index (χ3n) is 3.95. The number of nitrogens with one attached hydrogen (secondary N) is 1. The molecule has 1 aromatic heterocycles. The fraction of sp³-hybridized carbons (Fsp3) is 0.211. The number of benzene rings is 2. The molecule has 0 radical (unpaired) electrons. The van der Waals surface area contributed by atoms with Gasteiger partial charge in [0.25, 0.3) is 5.56 Å². The summed E-state index contributed by atoms with van der Waals surface area (Å²) in [5.74, 6) is -0.276. The zero-order valence-electron chi connectivity index (χ0n) is 12.5. The molecule has 0 aliphatic rings. The SMILES string of the molecule is CCCCc1c(-c2ccc(F)cc2)[nH]c(=O)c2ccccc12. The molecule has 0 saturated carbocycles. The number of H-pyrrole nitrogens is 1. The lowest BCUT2D eigenvalue weighted by Crippen LogP contribution is -2.11. The second-order valence-electron chi connectivity index (χ2n) is 5.46. The average molecular weight is 295 g/mol. The van der Waals surface area contributed by atoms with Gasteiger partial charge in [0.05, 0.1) is 5.69 Å². The monoisotopic (exact) mass is 295 g/mol. The van der Waals surface area contributed by atoms with Crippen LogP contribution in [0.25, 0.3) is 22.0 Å². The second-order valence-corrected chi connectivity index (χ2v) is 5.46. The number of aryl methyl sites for hydroxylation is 1. The molecule has 0 bridgehead atoms. The Bertz CT molecular complexity index is 849. The second kappa shape index (κ2) is 6.14. The summed E-state index contributed by atoms with van der Waals surface area (Å²) in [5.41, 5.74) is 2.67. The molecule has 22 heavy (non-hydrogen) atoms. The van der Waals surface area contributed by atoms with E-state index in [4.69, 9.17) is 0 Å². The summed E-state index contributed by atoms with van der Waals surface area (Å²) in [4.78, 5) is 15.3. The van der Waals surface area contributed by atoms with Crippen molar-refractivity contribution in [3.8, 4) is 11.3 Å². The summed E-state index contributed by atoms with van der Waals surface area (Å²) in [5, 5.41) is 1.69. The predicted molar refractivity (Wildman–Crippen MR) is 88.6 cm³/mol. The van der Waals surface area contributed by atoms with E-state index in [0.717, 1.165) is 41.5 Å². The molecule has 2 aromatic carbocycles. The molecular weight excluding hydrogens is 277 g/mol. The van der Waals surface area contributed by atoms with Gasteiger partial charge in [-0.3, -0.25) is 4.79 Å². The van der Waals surface area contributed by atoms with Crippen molar-refractivity contribution in [2.75, 3.05) is 0 Å². The van der Waals surface area contributed by atoms with E-state index in [2.05, 4.69) is 11.9 Å². The number of pyridine rings is 1.